The van der Waals surface area contributed by atoms with E-state index in [2.05, 4.69) is 22.1 Å². The summed E-state index contributed by atoms with van der Waals surface area (Å²) in [5.74, 6) is 1.10. The Balaban J connectivity index is 1.97. The highest BCUT2D eigenvalue weighted by Crippen LogP contribution is 2.24. The van der Waals surface area contributed by atoms with Crippen LogP contribution in [0.4, 0.5) is 0 Å². The van der Waals surface area contributed by atoms with Crippen LogP contribution in [0.15, 0.2) is 6.07 Å². The van der Waals surface area contributed by atoms with E-state index in [1.807, 2.05) is 6.07 Å². The maximum Gasteiger partial charge on any atom is 0.252 e. The fourth-order valence-electron chi connectivity index (χ4n) is 2.19. The second-order valence-corrected chi connectivity index (χ2v) is 5.05. The zero-order valence-electron chi connectivity index (χ0n) is 10.3. The van der Waals surface area contributed by atoms with Crippen LogP contribution in [0.25, 0.3) is 0 Å². The highest BCUT2D eigenvalue weighted by atomic mass is 35.5. The van der Waals surface area contributed by atoms with Crippen LogP contribution in [0.3, 0.4) is 0 Å². The highest BCUT2D eigenvalue weighted by molar-refractivity contribution is 6.31. The van der Waals surface area contributed by atoms with E-state index in [9.17, 15) is 0 Å². The van der Waals surface area contributed by atoms with Gasteiger partial charge in [-0.15, -0.1) is 5.10 Å². The molecule has 0 atom stereocenters. The molecule has 0 bridgehead atoms. The number of piperidine rings is 1. The summed E-state index contributed by atoms with van der Waals surface area (Å²) in [5.41, 5.74) is 0.963. The van der Waals surface area contributed by atoms with Gasteiger partial charge in [-0.2, -0.15) is 5.10 Å². The Morgan fingerprint density at radius 2 is 2.12 bits per heavy atom. The number of rotatable bonds is 3. The van der Waals surface area contributed by atoms with Crippen LogP contribution in [0, 0.1) is 5.92 Å². The van der Waals surface area contributed by atoms with Crippen LogP contribution >= 0.6 is 11.6 Å². The molecule has 0 N–H and O–H groups in total. The minimum absolute atomic E-state index is 0.402. The van der Waals surface area contributed by atoms with Gasteiger partial charge in [0, 0.05) is 0 Å². The molecule has 0 aromatic carbocycles. The molecule has 2 rings (SSSR count). The average molecular weight is 256 g/mol. The smallest absolute Gasteiger partial charge is 0.252 e. The Hall–Kier alpha value is -0.870. The normalized spacial score (nSPS) is 18.3. The standard InChI is InChI=1S/C12H18ClN3O/c1-16-5-3-9(4-6-16)7-10-8-11(13)12(17-2)15-14-10/h8-9H,3-7H2,1-2H3. The van der Waals surface area contributed by atoms with Gasteiger partial charge >= 0.3 is 0 Å². The Morgan fingerprint density at radius 3 is 2.71 bits per heavy atom. The van der Waals surface area contributed by atoms with E-state index in [-0.39, 0.29) is 0 Å². The maximum atomic E-state index is 6.03. The maximum absolute atomic E-state index is 6.03. The van der Waals surface area contributed by atoms with Crippen molar-refractivity contribution in [1.29, 1.82) is 0 Å². The van der Waals surface area contributed by atoms with Gasteiger partial charge in [0.15, 0.2) is 0 Å². The topological polar surface area (TPSA) is 38.3 Å². The summed E-state index contributed by atoms with van der Waals surface area (Å²) in [5, 5.41) is 8.66. The second kappa shape index (κ2) is 5.65. The molecular formula is C12H18ClN3O. The van der Waals surface area contributed by atoms with Crippen LogP contribution in [0.2, 0.25) is 5.02 Å². The molecule has 0 unspecified atom stereocenters. The molecule has 0 saturated carbocycles. The van der Waals surface area contributed by atoms with Crippen LogP contribution in [-0.2, 0) is 6.42 Å². The lowest BCUT2D eigenvalue weighted by molar-refractivity contribution is 0.218. The molecule has 1 aromatic rings. The van der Waals surface area contributed by atoms with E-state index in [4.69, 9.17) is 16.3 Å². The molecule has 17 heavy (non-hydrogen) atoms. The van der Waals surface area contributed by atoms with Gasteiger partial charge in [-0.1, -0.05) is 11.6 Å². The SMILES string of the molecule is COc1nnc(CC2CCN(C)CC2)cc1Cl. The molecule has 1 aliphatic heterocycles. The van der Waals surface area contributed by atoms with Crippen molar-refractivity contribution in [3.05, 3.63) is 16.8 Å². The number of hydrogen-bond acceptors (Lipinski definition) is 4. The number of nitrogens with zero attached hydrogens (tertiary/aromatic N) is 3. The minimum Gasteiger partial charge on any atom is -0.479 e. The Bertz CT molecular complexity index is 378. The van der Waals surface area contributed by atoms with Crippen LogP contribution in [0.1, 0.15) is 18.5 Å². The number of methoxy groups -OCH3 is 1. The monoisotopic (exact) mass is 255 g/mol. The van der Waals surface area contributed by atoms with Crippen LogP contribution < -0.4 is 4.74 Å². The van der Waals surface area contributed by atoms with Gasteiger partial charge < -0.3 is 9.64 Å². The quantitative estimate of drug-likeness (QED) is 0.828. The zero-order valence-corrected chi connectivity index (χ0v) is 11.1. The van der Waals surface area contributed by atoms with E-state index in [0.29, 0.717) is 16.8 Å². The minimum atomic E-state index is 0.402. The summed E-state index contributed by atoms with van der Waals surface area (Å²) in [4.78, 5) is 2.36. The third kappa shape index (κ3) is 3.30. The summed E-state index contributed by atoms with van der Waals surface area (Å²) in [6, 6.07) is 1.87. The first-order valence-corrected chi connectivity index (χ1v) is 6.31. The van der Waals surface area contributed by atoms with Gasteiger partial charge in [-0.25, -0.2) is 0 Å². The molecule has 1 fully saturated rings. The zero-order chi connectivity index (χ0) is 12.3. The van der Waals surface area contributed by atoms with Crippen molar-refractivity contribution >= 4 is 11.6 Å². The summed E-state index contributed by atoms with van der Waals surface area (Å²) in [7, 11) is 3.72. The van der Waals surface area contributed by atoms with E-state index in [1.165, 1.54) is 25.9 Å². The van der Waals surface area contributed by atoms with Crippen molar-refractivity contribution in [2.24, 2.45) is 5.92 Å². The highest BCUT2D eigenvalue weighted by Gasteiger charge is 2.18. The molecule has 5 heteroatoms. The Kier molecular flexibility index (Phi) is 4.18. The third-order valence-electron chi connectivity index (χ3n) is 3.30. The molecule has 0 aliphatic carbocycles. The molecular weight excluding hydrogens is 238 g/mol. The fraction of sp³-hybridized carbons (Fsp3) is 0.667. The molecule has 1 saturated heterocycles. The molecule has 1 aliphatic rings. The summed E-state index contributed by atoms with van der Waals surface area (Å²) < 4.78 is 4.99. The summed E-state index contributed by atoms with van der Waals surface area (Å²) >= 11 is 6.03. The number of aromatic nitrogens is 2. The average Bonchev–Trinajstić information content (AvgIpc) is 2.32. The molecule has 4 nitrogen and oxygen atoms in total. The second-order valence-electron chi connectivity index (χ2n) is 4.64. The van der Waals surface area contributed by atoms with Gasteiger partial charge in [0.1, 0.15) is 5.02 Å². The molecule has 0 amide bonds. The largest absolute Gasteiger partial charge is 0.479 e. The number of likely N-dealkylation sites (tertiary alicyclic amines) is 1. The molecule has 0 spiro atoms. The number of hydrogen-bond donors (Lipinski definition) is 0. The molecule has 1 aromatic heterocycles. The summed E-state index contributed by atoms with van der Waals surface area (Å²) in [6.07, 6.45) is 3.41. The lowest BCUT2D eigenvalue weighted by atomic mass is 9.92. The van der Waals surface area contributed by atoms with E-state index < -0.39 is 0 Å². The molecule has 0 radical (unpaired) electrons. The fourth-order valence-corrected chi connectivity index (χ4v) is 2.44. The van der Waals surface area contributed by atoms with Crippen molar-refractivity contribution in [3.63, 3.8) is 0 Å². The first-order chi connectivity index (χ1) is 8.19. The van der Waals surface area contributed by atoms with Crippen LogP contribution in [0.5, 0.6) is 5.88 Å². The predicted octanol–water partition coefficient (Wildman–Crippen LogP) is 2.02. The number of ether oxygens (including phenoxy) is 1. The van der Waals surface area contributed by atoms with Gasteiger partial charge in [-0.05, 0) is 51.4 Å². The van der Waals surface area contributed by atoms with Gasteiger partial charge in [0.05, 0.1) is 12.8 Å². The van der Waals surface area contributed by atoms with Crippen molar-refractivity contribution in [1.82, 2.24) is 15.1 Å². The van der Waals surface area contributed by atoms with Crippen molar-refractivity contribution in [2.45, 2.75) is 19.3 Å². The van der Waals surface area contributed by atoms with E-state index >= 15 is 0 Å². The van der Waals surface area contributed by atoms with Gasteiger partial charge in [0.2, 0.25) is 0 Å². The van der Waals surface area contributed by atoms with Gasteiger partial charge in [0.25, 0.3) is 5.88 Å². The molecule has 2 heterocycles. The first kappa shape index (κ1) is 12.6. The van der Waals surface area contributed by atoms with Crippen LogP contribution in [-0.4, -0.2) is 42.3 Å². The van der Waals surface area contributed by atoms with Crippen molar-refractivity contribution in [2.75, 3.05) is 27.2 Å². The molecule has 94 valence electrons. The summed E-state index contributed by atoms with van der Waals surface area (Å²) in [6.45, 7) is 2.34. The Labute approximate surface area is 107 Å². The lowest BCUT2D eigenvalue weighted by Crippen LogP contribution is -2.31. The predicted molar refractivity (Wildman–Crippen MR) is 67.5 cm³/mol. The van der Waals surface area contributed by atoms with Crippen molar-refractivity contribution < 1.29 is 4.74 Å². The van der Waals surface area contributed by atoms with Crippen molar-refractivity contribution in [3.8, 4) is 5.88 Å². The van der Waals surface area contributed by atoms with E-state index in [0.717, 1.165) is 12.1 Å². The van der Waals surface area contributed by atoms with E-state index in [1.54, 1.807) is 7.11 Å². The lowest BCUT2D eigenvalue weighted by Gasteiger charge is -2.28. The first-order valence-electron chi connectivity index (χ1n) is 5.93. The Morgan fingerprint density at radius 1 is 1.41 bits per heavy atom. The number of halogens is 1. The third-order valence-corrected chi connectivity index (χ3v) is 3.57. The van der Waals surface area contributed by atoms with Gasteiger partial charge in [-0.3, -0.25) is 0 Å².